The SMILES string of the molecule is CNC1CC(c2cc(C)cc(C)c2)Oc2ccccc21. The lowest BCUT2D eigenvalue weighted by Gasteiger charge is -2.32. The van der Waals surface area contributed by atoms with Crippen LogP contribution >= 0.6 is 0 Å². The highest BCUT2D eigenvalue weighted by atomic mass is 16.5. The fourth-order valence-corrected chi connectivity index (χ4v) is 3.09. The van der Waals surface area contributed by atoms with Crippen LogP contribution in [0, 0.1) is 13.8 Å². The summed E-state index contributed by atoms with van der Waals surface area (Å²) < 4.78 is 6.22. The molecule has 0 radical (unpaired) electrons. The van der Waals surface area contributed by atoms with Gasteiger partial charge in [-0.3, -0.25) is 0 Å². The third-order valence-corrected chi connectivity index (χ3v) is 3.98. The zero-order valence-corrected chi connectivity index (χ0v) is 12.3. The molecule has 1 heterocycles. The topological polar surface area (TPSA) is 21.3 Å². The predicted molar refractivity (Wildman–Crippen MR) is 82.1 cm³/mol. The second-order valence-electron chi connectivity index (χ2n) is 5.64. The number of fused-ring (bicyclic) bond motifs is 1. The first-order chi connectivity index (χ1) is 9.67. The van der Waals surface area contributed by atoms with E-state index in [4.69, 9.17) is 4.74 Å². The smallest absolute Gasteiger partial charge is 0.126 e. The van der Waals surface area contributed by atoms with Crippen molar-refractivity contribution in [1.82, 2.24) is 5.32 Å². The van der Waals surface area contributed by atoms with E-state index in [0.29, 0.717) is 6.04 Å². The molecule has 2 nitrogen and oxygen atoms in total. The van der Waals surface area contributed by atoms with Gasteiger partial charge in [-0.25, -0.2) is 0 Å². The molecule has 0 fully saturated rings. The third-order valence-electron chi connectivity index (χ3n) is 3.98. The van der Waals surface area contributed by atoms with Crippen molar-refractivity contribution in [1.29, 1.82) is 0 Å². The van der Waals surface area contributed by atoms with E-state index in [1.807, 2.05) is 13.1 Å². The molecule has 104 valence electrons. The lowest BCUT2D eigenvalue weighted by molar-refractivity contribution is 0.154. The van der Waals surface area contributed by atoms with Crippen molar-refractivity contribution in [3.05, 3.63) is 64.7 Å². The second-order valence-corrected chi connectivity index (χ2v) is 5.64. The fourth-order valence-electron chi connectivity index (χ4n) is 3.09. The van der Waals surface area contributed by atoms with Gasteiger partial charge >= 0.3 is 0 Å². The Morgan fingerprint density at radius 3 is 2.45 bits per heavy atom. The van der Waals surface area contributed by atoms with Crippen LogP contribution in [0.15, 0.2) is 42.5 Å². The van der Waals surface area contributed by atoms with Crippen LogP contribution in [0.25, 0.3) is 0 Å². The predicted octanol–water partition coefficient (Wildman–Crippen LogP) is 4.09. The molecule has 0 saturated carbocycles. The van der Waals surface area contributed by atoms with Crippen LogP contribution in [0.3, 0.4) is 0 Å². The summed E-state index contributed by atoms with van der Waals surface area (Å²) in [5.41, 5.74) is 5.12. The van der Waals surface area contributed by atoms with Gasteiger partial charge in [0.15, 0.2) is 0 Å². The zero-order valence-electron chi connectivity index (χ0n) is 12.3. The molecule has 0 saturated heterocycles. The molecule has 0 amide bonds. The summed E-state index contributed by atoms with van der Waals surface area (Å²) in [5.74, 6) is 1.00. The van der Waals surface area contributed by atoms with E-state index >= 15 is 0 Å². The summed E-state index contributed by atoms with van der Waals surface area (Å²) in [6, 6.07) is 15.3. The van der Waals surface area contributed by atoms with Crippen LogP contribution in [0.2, 0.25) is 0 Å². The maximum atomic E-state index is 6.22. The van der Waals surface area contributed by atoms with Crippen LogP contribution in [0.1, 0.15) is 40.8 Å². The van der Waals surface area contributed by atoms with Gasteiger partial charge in [0.25, 0.3) is 0 Å². The van der Waals surface area contributed by atoms with E-state index in [2.05, 4.69) is 55.6 Å². The van der Waals surface area contributed by atoms with Gasteiger partial charge in [0.2, 0.25) is 0 Å². The Labute approximate surface area is 120 Å². The van der Waals surface area contributed by atoms with Gasteiger partial charge in [-0.1, -0.05) is 47.5 Å². The summed E-state index contributed by atoms with van der Waals surface area (Å²) >= 11 is 0. The normalized spacial score (nSPS) is 21.1. The number of nitrogens with one attached hydrogen (secondary N) is 1. The number of benzene rings is 2. The van der Waals surface area contributed by atoms with Gasteiger partial charge in [-0.15, -0.1) is 0 Å². The number of aryl methyl sites for hydroxylation is 2. The monoisotopic (exact) mass is 267 g/mol. The fraction of sp³-hybridized carbons (Fsp3) is 0.333. The number of ether oxygens (including phenoxy) is 1. The molecule has 2 heteroatoms. The lowest BCUT2D eigenvalue weighted by atomic mass is 9.92. The number of rotatable bonds is 2. The van der Waals surface area contributed by atoms with Crippen LogP contribution in [-0.4, -0.2) is 7.05 Å². The number of hydrogen-bond acceptors (Lipinski definition) is 2. The summed E-state index contributed by atoms with van der Waals surface area (Å²) in [6.07, 6.45) is 1.09. The van der Waals surface area contributed by atoms with E-state index in [-0.39, 0.29) is 6.10 Å². The Kier molecular flexibility index (Phi) is 3.49. The molecular formula is C18H21NO. The van der Waals surface area contributed by atoms with Crippen LogP contribution in [-0.2, 0) is 0 Å². The molecular weight excluding hydrogens is 246 g/mol. The van der Waals surface area contributed by atoms with E-state index in [9.17, 15) is 0 Å². The standard InChI is InChI=1S/C18H21NO/c1-12-8-13(2)10-14(9-12)18-11-16(19-3)15-6-4-5-7-17(15)20-18/h4-10,16,18-19H,11H2,1-3H3. The molecule has 2 unspecified atom stereocenters. The summed E-state index contributed by atoms with van der Waals surface area (Å²) in [6.45, 7) is 4.28. The molecule has 1 aliphatic heterocycles. The number of para-hydroxylation sites is 1. The van der Waals surface area contributed by atoms with Crippen molar-refractivity contribution in [3.63, 3.8) is 0 Å². The first kappa shape index (κ1) is 13.2. The van der Waals surface area contributed by atoms with Crippen molar-refractivity contribution in [2.24, 2.45) is 0 Å². The maximum Gasteiger partial charge on any atom is 0.126 e. The minimum absolute atomic E-state index is 0.126. The quantitative estimate of drug-likeness (QED) is 0.885. The van der Waals surface area contributed by atoms with Gasteiger partial charge in [-0.05, 0) is 32.5 Å². The minimum Gasteiger partial charge on any atom is -0.485 e. The largest absolute Gasteiger partial charge is 0.485 e. The first-order valence-electron chi connectivity index (χ1n) is 7.18. The van der Waals surface area contributed by atoms with Crippen molar-refractivity contribution < 1.29 is 4.74 Å². The van der Waals surface area contributed by atoms with Gasteiger partial charge in [0, 0.05) is 18.0 Å². The van der Waals surface area contributed by atoms with Crippen molar-refractivity contribution in [2.45, 2.75) is 32.4 Å². The second kappa shape index (κ2) is 5.29. The Bertz CT molecular complexity index is 600. The summed E-state index contributed by atoms with van der Waals surface area (Å²) in [5, 5.41) is 3.41. The van der Waals surface area contributed by atoms with E-state index in [0.717, 1.165) is 12.2 Å². The Balaban J connectivity index is 1.97. The molecule has 0 spiro atoms. The Morgan fingerprint density at radius 1 is 1.05 bits per heavy atom. The molecule has 0 bridgehead atoms. The first-order valence-corrected chi connectivity index (χ1v) is 7.18. The van der Waals surface area contributed by atoms with Crippen molar-refractivity contribution in [2.75, 3.05) is 7.05 Å². The molecule has 2 aromatic rings. The molecule has 2 atom stereocenters. The average Bonchev–Trinajstić information content (AvgIpc) is 2.45. The molecule has 0 aromatic heterocycles. The molecule has 3 rings (SSSR count). The molecule has 1 N–H and O–H groups in total. The van der Waals surface area contributed by atoms with Gasteiger partial charge in [0.1, 0.15) is 11.9 Å². The van der Waals surface area contributed by atoms with Gasteiger partial charge < -0.3 is 10.1 Å². The summed E-state index contributed by atoms with van der Waals surface area (Å²) in [4.78, 5) is 0. The van der Waals surface area contributed by atoms with Crippen LogP contribution in [0.5, 0.6) is 5.75 Å². The third kappa shape index (κ3) is 2.44. The molecule has 20 heavy (non-hydrogen) atoms. The lowest BCUT2D eigenvalue weighted by Crippen LogP contribution is -2.26. The van der Waals surface area contributed by atoms with Gasteiger partial charge in [0.05, 0.1) is 0 Å². The van der Waals surface area contributed by atoms with Crippen molar-refractivity contribution >= 4 is 0 Å². The number of hydrogen-bond donors (Lipinski definition) is 1. The van der Waals surface area contributed by atoms with Gasteiger partial charge in [-0.2, -0.15) is 0 Å². The molecule has 2 aromatic carbocycles. The highest BCUT2D eigenvalue weighted by Crippen LogP contribution is 2.40. The van der Waals surface area contributed by atoms with Crippen LogP contribution < -0.4 is 10.1 Å². The van der Waals surface area contributed by atoms with Crippen LogP contribution in [0.4, 0.5) is 0 Å². The van der Waals surface area contributed by atoms with Crippen molar-refractivity contribution in [3.8, 4) is 5.75 Å². The zero-order chi connectivity index (χ0) is 14.1. The molecule has 1 aliphatic rings. The highest BCUT2D eigenvalue weighted by molar-refractivity contribution is 5.40. The van der Waals surface area contributed by atoms with E-state index in [1.165, 1.54) is 22.3 Å². The average molecular weight is 267 g/mol. The Morgan fingerprint density at radius 2 is 1.75 bits per heavy atom. The molecule has 0 aliphatic carbocycles. The Hall–Kier alpha value is -1.80. The summed E-state index contributed by atoms with van der Waals surface area (Å²) in [7, 11) is 2.02. The highest BCUT2D eigenvalue weighted by Gasteiger charge is 2.28. The maximum absolute atomic E-state index is 6.22. The van der Waals surface area contributed by atoms with E-state index in [1.54, 1.807) is 0 Å². The minimum atomic E-state index is 0.126. The van der Waals surface area contributed by atoms with E-state index < -0.39 is 0 Å².